The molecule has 1 aromatic carbocycles. The molecule has 3 aromatic rings. The van der Waals surface area contributed by atoms with Crippen LogP contribution in [0.1, 0.15) is 47.1 Å². The molecule has 2 aromatic heterocycles. The number of aliphatic hydroxyl groups excluding tert-OH is 2. The Kier molecular flexibility index (Phi) is 4.69. The molecule has 2 heterocycles. The molecule has 0 saturated heterocycles. The van der Waals surface area contributed by atoms with Crippen LogP contribution in [0, 0.1) is 0 Å². The molecule has 0 bridgehead atoms. The number of amides is 1. The summed E-state index contributed by atoms with van der Waals surface area (Å²) in [5, 5.41) is 28.8. The first-order chi connectivity index (χ1) is 13.1. The number of carbonyl (C=O) groups is 1. The van der Waals surface area contributed by atoms with Gasteiger partial charge in [0.05, 0.1) is 6.61 Å². The fourth-order valence-corrected chi connectivity index (χ4v) is 2.95. The van der Waals surface area contributed by atoms with Crippen molar-refractivity contribution in [2.24, 2.45) is 0 Å². The van der Waals surface area contributed by atoms with Gasteiger partial charge < -0.3 is 24.6 Å². The molecule has 3 N–H and O–H groups in total. The SMILES string of the molecule is O=C(NC1CC(c2nc([C@@H](O)CO)no2)C1)c1cc(-c2ccccc2)on1. The van der Waals surface area contributed by atoms with Crippen LogP contribution in [0.4, 0.5) is 0 Å². The molecule has 1 atom stereocenters. The monoisotopic (exact) mass is 370 g/mol. The molecule has 1 aliphatic carbocycles. The first-order valence-corrected chi connectivity index (χ1v) is 8.59. The summed E-state index contributed by atoms with van der Waals surface area (Å²) in [6.07, 6.45) is 0.141. The lowest BCUT2D eigenvalue weighted by molar-refractivity contribution is 0.0864. The van der Waals surface area contributed by atoms with Crippen LogP contribution < -0.4 is 5.32 Å². The van der Waals surface area contributed by atoms with Crippen molar-refractivity contribution in [2.75, 3.05) is 6.61 Å². The molecule has 0 unspecified atom stereocenters. The van der Waals surface area contributed by atoms with Crippen molar-refractivity contribution >= 4 is 5.91 Å². The molecule has 140 valence electrons. The second-order valence-corrected chi connectivity index (χ2v) is 6.47. The Morgan fingerprint density at radius 1 is 1.22 bits per heavy atom. The van der Waals surface area contributed by atoms with Gasteiger partial charge in [-0.15, -0.1) is 0 Å². The summed E-state index contributed by atoms with van der Waals surface area (Å²) in [7, 11) is 0. The highest BCUT2D eigenvalue weighted by Gasteiger charge is 2.36. The van der Waals surface area contributed by atoms with Crippen molar-refractivity contribution in [3.8, 4) is 11.3 Å². The molecule has 27 heavy (non-hydrogen) atoms. The number of benzene rings is 1. The van der Waals surface area contributed by atoms with Crippen LogP contribution in [0.3, 0.4) is 0 Å². The summed E-state index contributed by atoms with van der Waals surface area (Å²) in [5.74, 6) is 0.714. The van der Waals surface area contributed by atoms with E-state index in [2.05, 4.69) is 20.6 Å². The molecule has 1 aliphatic rings. The Morgan fingerprint density at radius 3 is 2.74 bits per heavy atom. The lowest BCUT2D eigenvalue weighted by atomic mass is 9.80. The van der Waals surface area contributed by atoms with Crippen molar-refractivity contribution in [1.82, 2.24) is 20.6 Å². The van der Waals surface area contributed by atoms with Gasteiger partial charge in [0.25, 0.3) is 5.91 Å². The van der Waals surface area contributed by atoms with Crippen molar-refractivity contribution in [3.05, 3.63) is 53.8 Å². The van der Waals surface area contributed by atoms with E-state index in [0.717, 1.165) is 5.56 Å². The zero-order valence-electron chi connectivity index (χ0n) is 14.3. The third-order valence-electron chi connectivity index (χ3n) is 4.55. The molecular weight excluding hydrogens is 352 g/mol. The van der Waals surface area contributed by atoms with E-state index in [1.807, 2.05) is 30.3 Å². The standard InChI is InChI=1S/C18H18N4O5/c23-9-14(24)16-20-18(27-22-16)11-6-12(7-11)19-17(25)13-8-15(26-21-13)10-4-2-1-3-5-10/h1-5,8,11-12,14,23-24H,6-7,9H2,(H,19,25)/t11?,12?,14-/m0/s1. The van der Waals surface area contributed by atoms with Gasteiger partial charge in [0, 0.05) is 23.6 Å². The van der Waals surface area contributed by atoms with Crippen LogP contribution in [-0.4, -0.2) is 44.1 Å². The predicted molar refractivity (Wildman–Crippen MR) is 91.5 cm³/mol. The van der Waals surface area contributed by atoms with E-state index < -0.39 is 12.7 Å². The van der Waals surface area contributed by atoms with Crippen molar-refractivity contribution in [2.45, 2.75) is 30.9 Å². The van der Waals surface area contributed by atoms with Gasteiger partial charge in [0.15, 0.2) is 11.5 Å². The highest BCUT2D eigenvalue weighted by atomic mass is 16.5. The van der Waals surface area contributed by atoms with E-state index in [0.29, 0.717) is 24.5 Å². The lowest BCUT2D eigenvalue weighted by Gasteiger charge is -2.33. The maximum absolute atomic E-state index is 12.3. The maximum atomic E-state index is 12.3. The number of aromatic nitrogens is 3. The molecule has 9 heteroatoms. The number of rotatable bonds is 6. The number of hydrogen-bond donors (Lipinski definition) is 3. The van der Waals surface area contributed by atoms with Crippen LogP contribution in [-0.2, 0) is 0 Å². The molecule has 0 aliphatic heterocycles. The van der Waals surface area contributed by atoms with Crippen molar-refractivity contribution in [1.29, 1.82) is 0 Å². The van der Waals surface area contributed by atoms with E-state index in [1.54, 1.807) is 6.07 Å². The van der Waals surface area contributed by atoms with Crippen LogP contribution >= 0.6 is 0 Å². The Hall–Kier alpha value is -3.04. The largest absolute Gasteiger partial charge is 0.393 e. The van der Waals surface area contributed by atoms with Crippen molar-refractivity contribution in [3.63, 3.8) is 0 Å². The Bertz CT molecular complexity index is 917. The maximum Gasteiger partial charge on any atom is 0.273 e. The summed E-state index contributed by atoms with van der Waals surface area (Å²) in [6, 6.07) is 11.0. The Labute approximate surface area is 154 Å². The van der Waals surface area contributed by atoms with E-state index >= 15 is 0 Å². The number of carbonyl (C=O) groups excluding carboxylic acids is 1. The number of nitrogens with zero attached hydrogens (tertiary/aromatic N) is 3. The summed E-state index contributed by atoms with van der Waals surface area (Å²) in [6.45, 7) is -0.467. The Balaban J connectivity index is 1.32. The molecule has 9 nitrogen and oxygen atoms in total. The second-order valence-electron chi connectivity index (χ2n) is 6.47. The fraction of sp³-hybridized carbons (Fsp3) is 0.333. The fourth-order valence-electron chi connectivity index (χ4n) is 2.95. The molecule has 1 amide bonds. The summed E-state index contributed by atoms with van der Waals surface area (Å²) in [4.78, 5) is 16.4. The Morgan fingerprint density at radius 2 is 2.00 bits per heavy atom. The van der Waals surface area contributed by atoms with E-state index in [-0.39, 0.29) is 29.4 Å². The molecule has 0 radical (unpaired) electrons. The van der Waals surface area contributed by atoms with Crippen LogP contribution in [0.25, 0.3) is 11.3 Å². The van der Waals surface area contributed by atoms with Gasteiger partial charge in [-0.2, -0.15) is 4.98 Å². The van der Waals surface area contributed by atoms with Crippen LogP contribution in [0.5, 0.6) is 0 Å². The topological polar surface area (TPSA) is 135 Å². The van der Waals surface area contributed by atoms with Gasteiger partial charge in [-0.3, -0.25) is 4.79 Å². The summed E-state index contributed by atoms with van der Waals surface area (Å²) in [5.41, 5.74) is 1.08. The first-order valence-electron chi connectivity index (χ1n) is 8.59. The number of nitrogens with one attached hydrogen (secondary N) is 1. The zero-order chi connectivity index (χ0) is 18.8. The van der Waals surface area contributed by atoms with Crippen LogP contribution in [0.2, 0.25) is 0 Å². The molecule has 1 saturated carbocycles. The normalized spacial score (nSPS) is 20.1. The minimum absolute atomic E-state index is 0.0135. The smallest absolute Gasteiger partial charge is 0.273 e. The summed E-state index contributed by atoms with van der Waals surface area (Å²) < 4.78 is 10.4. The zero-order valence-corrected chi connectivity index (χ0v) is 14.3. The van der Waals surface area contributed by atoms with E-state index in [1.165, 1.54) is 0 Å². The highest BCUT2D eigenvalue weighted by Crippen LogP contribution is 2.36. The highest BCUT2D eigenvalue weighted by molar-refractivity contribution is 5.93. The van der Waals surface area contributed by atoms with Gasteiger partial charge in [-0.05, 0) is 12.8 Å². The second kappa shape index (κ2) is 7.29. The minimum atomic E-state index is -1.15. The molecular formula is C18H18N4O5. The third kappa shape index (κ3) is 3.60. The van der Waals surface area contributed by atoms with Crippen molar-refractivity contribution < 1.29 is 24.1 Å². The molecule has 4 rings (SSSR count). The third-order valence-corrected chi connectivity index (χ3v) is 4.55. The van der Waals surface area contributed by atoms with Crippen LogP contribution in [0.15, 0.2) is 45.4 Å². The number of hydrogen-bond acceptors (Lipinski definition) is 8. The predicted octanol–water partition coefficient (Wildman–Crippen LogP) is 1.43. The van der Waals surface area contributed by atoms with Gasteiger partial charge in [0.2, 0.25) is 11.7 Å². The number of aliphatic hydroxyl groups is 2. The van der Waals surface area contributed by atoms with E-state index in [9.17, 15) is 9.90 Å². The first kappa shape index (κ1) is 17.4. The van der Waals surface area contributed by atoms with E-state index in [4.69, 9.17) is 14.2 Å². The molecule has 1 fully saturated rings. The molecule has 0 spiro atoms. The van der Waals surface area contributed by atoms with Gasteiger partial charge >= 0.3 is 0 Å². The average molecular weight is 370 g/mol. The summed E-state index contributed by atoms with van der Waals surface area (Å²) >= 11 is 0. The van der Waals surface area contributed by atoms with Gasteiger partial charge in [0.1, 0.15) is 6.10 Å². The quantitative estimate of drug-likeness (QED) is 0.593. The van der Waals surface area contributed by atoms with Gasteiger partial charge in [-0.1, -0.05) is 40.6 Å². The van der Waals surface area contributed by atoms with Gasteiger partial charge in [-0.25, -0.2) is 0 Å². The average Bonchev–Trinajstić information content (AvgIpc) is 3.34. The lowest BCUT2D eigenvalue weighted by Crippen LogP contribution is -2.43. The minimum Gasteiger partial charge on any atom is -0.393 e.